The first-order valence-corrected chi connectivity index (χ1v) is 13.5. The van der Waals surface area contributed by atoms with Crippen molar-refractivity contribution in [2.24, 2.45) is 23.7 Å². The number of allylic oxidation sites excluding steroid dienone is 1. The fourth-order valence-corrected chi connectivity index (χ4v) is 6.47. The van der Waals surface area contributed by atoms with Crippen molar-refractivity contribution in [2.75, 3.05) is 0 Å². The summed E-state index contributed by atoms with van der Waals surface area (Å²) in [4.78, 5) is 0. The van der Waals surface area contributed by atoms with E-state index in [4.69, 9.17) is 0 Å². The molecule has 174 valence electrons. The number of hydrogen-bond acceptors (Lipinski definition) is 0. The average Bonchev–Trinajstić information content (AvgIpc) is 2.84. The number of fused-ring (bicyclic) bond motifs is 1. The van der Waals surface area contributed by atoms with E-state index in [1.54, 1.807) is 0 Å². The van der Waals surface area contributed by atoms with Crippen LogP contribution in [-0.4, -0.2) is 0 Å². The Morgan fingerprint density at radius 2 is 1.59 bits per heavy atom. The van der Waals surface area contributed by atoms with E-state index in [2.05, 4.69) is 43.8 Å². The van der Waals surface area contributed by atoms with Gasteiger partial charge in [-0.3, -0.25) is 0 Å². The van der Waals surface area contributed by atoms with Crippen LogP contribution in [0.5, 0.6) is 0 Å². The summed E-state index contributed by atoms with van der Waals surface area (Å²) in [6.07, 6.45) is 20.1. The van der Waals surface area contributed by atoms with Crippen molar-refractivity contribution in [2.45, 2.75) is 96.8 Å². The van der Waals surface area contributed by atoms with E-state index in [9.17, 15) is 0 Å². The Morgan fingerprint density at radius 3 is 2.28 bits per heavy atom. The van der Waals surface area contributed by atoms with E-state index in [0.29, 0.717) is 0 Å². The molecule has 0 amide bonds. The maximum atomic E-state index is 15.2. The third-order valence-electron chi connectivity index (χ3n) is 8.70. The lowest BCUT2D eigenvalue weighted by molar-refractivity contribution is 0.152. The monoisotopic (exact) mass is 434 g/mol. The van der Waals surface area contributed by atoms with Gasteiger partial charge in [-0.15, -0.1) is 6.58 Å². The molecule has 0 atom stereocenters. The Hall–Kier alpha value is -1.63. The second-order valence-electron chi connectivity index (χ2n) is 10.8. The number of halogens is 1. The Balaban J connectivity index is 1.27. The van der Waals surface area contributed by atoms with Gasteiger partial charge < -0.3 is 0 Å². The Bertz CT molecular complexity index is 865. The van der Waals surface area contributed by atoms with Crippen molar-refractivity contribution in [1.29, 1.82) is 0 Å². The second kappa shape index (κ2) is 11.5. The first-order valence-electron chi connectivity index (χ1n) is 13.5. The van der Waals surface area contributed by atoms with E-state index >= 15 is 4.39 Å². The number of rotatable bonds is 9. The van der Waals surface area contributed by atoms with Crippen LogP contribution < -0.4 is 0 Å². The van der Waals surface area contributed by atoms with Crippen molar-refractivity contribution >= 4 is 10.8 Å². The van der Waals surface area contributed by atoms with Crippen LogP contribution in [0.25, 0.3) is 10.8 Å². The summed E-state index contributed by atoms with van der Waals surface area (Å²) in [5.41, 5.74) is 2.26. The van der Waals surface area contributed by atoms with Crippen LogP contribution in [0.3, 0.4) is 0 Å². The van der Waals surface area contributed by atoms with E-state index < -0.39 is 0 Å². The Morgan fingerprint density at radius 1 is 0.875 bits per heavy atom. The molecule has 0 radical (unpaired) electrons. The minimum Gasteiger partial charge on any atom is -0.206 e. The Kier molecular flexibility index (Phi) is 8.44. The molecule has 32 heavy (non-hydrogen) atoms. The molecule has 0 nitrogen and oxygen atoms in total. The largest absolute Gasteiger partial charge is 0.206 e. The van der Waals surface area contributed by atoms with Crippen LogP contribution in [0.1, 0.15) is 95.1 Å². The lowest BCUT2D eigenvalue weighted by Gasteiger charge is -2.37. The van der Waals surface area contributed by atoms with Crippen LogP contribution >= 0.6 is 0 Å². The third-order valence-corrected chi connectivity index (χ3v) is 8.70. The molecule has 2 saturated carbocycles. The number of benzene rings is 2. The highest BCUT2D eigenvalue weighted by Crippen LogP contribution is 2.42. The predicted octanol–water partition coefficient (Wildman–Crippen LogP) is 9.44. The topological polar surface area (TPSA) is 0 Å². The van der Waals surface area contributed by atoms with Gasteiger partial charge in [0.1, 0.15) is 5.82 Å². The first-order chi connectivity index (χ1) is 15.7. The summed E-state index contributed by atoms with van der Waals surface area (Å²) in [5, 5.41) is 1.87. The van der Waals surface area contributed by atoms with Crippen LogP contribution in [0.4, 0.5) is 4.39 Å². The molecule has 2 aliphatic carbocycles. The van der Waals surface area contributed by atoms with Crippen LogP contribution in [0.2, 0.25) is 0 Å². The van der Waals surface area contributed by atoms with Crippen molar-refractivity contribution in [3.8, 4) is 0 Å². The molecule has 0 heterocycles. The van der Waals surface area contributed by atoms with Gasteiger partial charge in [0.05, 0.1) is 0 Å². The van der Waals surface area contributed by atoms with Gasteiger partial charge in [0.25, 0.3) is 0 Å². The molecule has 0 aromatic heterocycles. The third kappa shape index (κ3) is 5.83. The molecule has 4 rings (SSSR count). The van der Waals surface area contributed by atoms with Gasteiger partial charge in [0.15, 0.2) is 0 Å². The summed E-state index contributed by atoms with van der Waals surface area (Å²) >= 11 is 0. The molecular formula is C31H43F. The lowest BCUT2D eigenvalue weighted by atomic mass is 9.68. The first kappa shape index (κ1) is 23.5. The SMILES string of the molecule is C=CC1CCC(C2CCC(CCc3ccc4cc(CCCCC)ccc4c3F)CC2)CC1. The zero-order valence-electron chi connectivity index (χ0n) is 20.3. The standard InChI is InChI=1S/C31H43F/c1-3-5-6-7-25-13-21-30-29(22-25)20-19-28(31(30)32)18-12-24-10-16-27(17-11-24)26-14-8-23(4-2)9-15-26/h4,13,19-24,26-27H,2-3,5-12,14-18H2,1H3. The molecule has 1 heteroatoms. The molecule has 0 aliphatic heterocycles. The zero-order valence-corrected chi connectivity index (χ0v) is 20.3. The van der Waals surface area contributed by atoms with Gasteiger partial charge in [0.2, 0.25) is 0 Å². The quantitative estimate of drug-likeness (QED) is 0.272. The lowest BCUT2D eigenvalue weighted by Crippen LogP contribution is -2.25. The maximum Gasteiger partial charge on any atom is 0.134 e. The van der Waals surface area contributed by atoms with Crippen molar-refractivity contribution in [3.05, 3.63) is 59.9 Å². The minimum atomic E-state index is 0.0234. The highest BCUT2D eigenvalue weighted by Gasteiger charge is 2.30. The van der Waals surface area contributed by atoms with Gasteiger partial charge in [-0.1, -0.05) is 69.0 Å². The highest BCUT2D eigenvalue weighted by atomic mass is 19.1. The molecule has 0 unspecified atom stereocenters. The maximum absolute atomic E-state index is 15.2. The zero-order chi connectivity index (χ0) is 22.3. The van der Waals surface area contributed by atoms with Crippen LogP contribution in [-0.2, 0) is 12.8 Å². The Labute approximate surface area is 195 Å². The molecule has 0 spiro atoms. The molecule has 2 aromatic carbocycles. The van der Waals surface area contributed by atoms with Gasteiger partial charge in [-0.05, 0) is 104 Å². The fraction of sp³-hybridized carbons (Fsp3) is 0.613. The molecule has 0 N–H and O–H groups in total. The van der Waals surface area contributed by atoms with E-state index in [0.717, 1.165) is 59.3 Å². The number of unbranched alkanes of at least 4 members (excludes halogenated alkanes) is 2. The summed E-state index contributed by atoms with van der Waals surface area (Å²) in [5.74, 6) is 3.48. The van der Waals surface area contributed by atoms with Gasteiger partial charge in [-0.2, -0.15) is 0 Å². The number of aryl methyl sites for hydroxylation is 2. The molecular weight excluding hydrogens is 391 g/mol. The molecule has 0 bridgehead atoms. The van der Waals surface area contributed by atoms with Crippen LogP contribution in [0.15, 0.2) is 43.0 Å². The summed E-state index contributed by atoms with van der Waals surface area (Å²) < 4.78 is 15.2. The minimum absolute atomic E-state index is 0.0234. The van der Waals surface area contributed by atoms with E-state index in [-0.39, 0.29) is 5.82 Å². The summed E-state index contributed by atoms with van der Waals surface area (Å²) in [7, 11) is 0. The van der Waals surface area contributed by atoms with Crippen molar-refractivity contribution in [3.63, 3.8) is 0 Å². The van der Waals surface area contributed by atoms with Gasteiger partial charge >= 0.3 is 0 Å². The van der Waals surface area contributed by atoms with Gasteiger partial charge in [-0.25, -0.2) is 4.39 Å². The summed E-state index contributed by atoms with van der Waals surface area (Å²) in [6.45, 7) is 6.23. The molecule has 2 aromatic rings. The second-order valence-corrected chi connectivity index (χ2v) is 10.8. The highest BCUT2D eigenvalue weighted by molar-refractivity contribution is 5.84. The normalized spacial score (nSPS) is 26.3. The predicted molar refractivity (Wildman–Crippen MR) is 137 cm³/mol. The van der Waals surface area contributed by atoms with E-state index in [1.165, 1.54) is 76.2 Å². The van der Waals surface area contributed by atoms with Crippen molar-refractivity contribution < 1.29 is 4.39 Å². The van der Waals surface area contributed by atoms with E-state index in [1.807, 2.05) is 6.07 Å². The average molecular weight is 435 g/mol. The molecule has 2 fully saturated rings. The summed E-state index contributed by atoms with van der Waals surface area (Å²) in [6, 6.07) is 10.5. The van der Waals surface area contributed by atoms with Crippen LogP contribution in [0, 0.1) is 29.5 Å². The molecule has 0 saturated heterocycles. The number of hydrogen-bond donors (Lipinski definition) is 0. The van der Waals surface area contributed by atoms with Crippen molar-refractivity contribution in [1.82, 2.24) is 0 Å². The van der Waals surface area contributed by atoms with Gasteiger partial charge in [0, 0.05) is 5.39 Å². The fourth-order valence-electron chi connectivity index (χ4n) is 6.47. The smallest absolute Gasteiger partial charge is 0.134 e. The molecule has 2 aliphatic rings.